The maximum atomic E-state index is 10.5. The quantitative estimate of drug-likeness (QED) is 0.421. The van der Waals surface area contributed by atoms with Crippen molar-refractivity contribution >= 4 is 22.8 Å². The molecule has 4 rings (SSSR count). The molecule has 0 spiro atoms. The molecule has 1 aliphatic heterocycles. The minimum absolute atomic E-state index is 0.0972. The fourth-order valence-electron chi connectivity index (χ4n) is 3.69. The summed E-state index contributed by atoms with van der Waals surface area (Å²) in [5.41, 5.74) is 1.85. The zero-order chi connectivity index (χ0) is 22.8. The zero-order valence-corrected chi connectivity index (χ0v) is 18.7. The van der Waals surface area contributed by atoms with Crippen LogP contribution in [0.1, 0.15) is 19.4 Å². The van der Waals surface area contributed by atoms with E-state index >= 15 is 0 Å². The standard InChI is InChI=1S/C23H28N2O6S/c1-13(2)30-15-9-7-14(8-10-15)11-25-17-6-4-3-5-16(17)24-23(25)32-22-21(29)20(28)19(27)18(12-26)31-22/h3-10,13,18-22,26-29H,11-12H2,1-2H3. The third kappa shape index (κ3) is 4.78. The summed E-state index contributed by atoms with van der Waals surface area (Å²) < 4.78 is 13.4. The van der Waals surface area contributed by atoms with E-state index in [1.54, 1.807) is 0 Å². The van der Waals surface area contributed by atoms with Gasteiger partial charge in [-0.1, -0.05) is 36.0 Å². The molecule has 172 valence electrons. The molecular weight excluding hydrogens is 432 g/mol. The summed E-state index contributed by atoms with van der Waals surface area (Å²) in [6, 6.07) is 15.6. The second kappa shape index (κ2) is 9.78. The fourth-order valence-corrected chi connectivity index (χ4v) is 4.84. The first kappa shape index (κ1) is 23.0. The predicted octanol–water partition coefficient (Wildman–Crippen LogP) is 1.76. The Morgan fingerprint density at radius 1 is 1.03 bits per heavy atom. The highest BCUT2D eigenvalue weighted by Crippen LogP contribution is 2.35. The summed E-state index contributed by atoms with van der Waals surface area (Å²) in [5.74, 6) is 0.801. The normalized spacial score (nSPS) is 26.0. The lowest BCUT2D eigenvalue weighted by molar-refractivity contribution is -0.205. The van der Waals surface area contributed by atoms with Gasteiger partial charge in [-0.3, -0.25) is 0 Å². The number of nitrogens with zero attached hydrogens (tertiary/aromatic N) is 2. The number of aromatic nitrogens is 2. The number of hydrogen-bond donors (Lipinski definition) is 4. The average molecular weight is 461 g/mol. The van der Waals surface area contributed by atoms with Crippen LogP contribution in [0, 0.1) is 0 Å². The van der Waals surface area contributed by atoms with Crippen LogP contribution in [-0.2, 0) is 11.3 Å². The lowest BCUT2D eigenvalue weighted by Gasteiger charge is -2.39. The topological polar surface area (TPSA) is 117 Å². The van der Waals surface area contributed by atoms with Gasteiger partial charge in [0.1, 0.15) is 35.6 Å². The molecule has 1 aromatic heterocycles. The van der Waals surface area contributed by atoms with Gasteiger partial charge in [0.05, 0.1) is 30.3 Å². The molecule has 0 amide bonds. The Morgan fingerprint density at radius 3 is 2.44 bits per heavy atom. The Morgan fingerprint density at radius 2 is 1.75 bits per heavy atom. The van der Waals surface area contributed by atoms with Gasteiger partial charge in [-0.05, 0) is 43.7 Å². The van der Waals surface area contributed by atoms with Crippen molar-refractivity contribution < 1.29 is 29.9 Å². The van der Waals surface area contributed by atoms with E-state index in [4.69, 9.17) is 14.5 Å². The molecule has 1 saturated heterocycles. The number of hydrogen-bond acceptors (Lipinski definition) is 8. The van der Waals surface area contributed by atoms with Crippen molar-refractivity contribution in [2.24, 2.45) is 0 Å². The maximum absolute atomic E-state index is 10.5. The molecule has 5 unspecified atom stereocenters. The van der Waals surface area contributed by atoms with Crippen molar-refractivity contribution in [3.05, 3.63) is 54.1 Å². The molecule has 32 heavy (non-hydrogen) atoms. The summed E-state index contributed by atoms with van der Waals surface area (Å²) in [4.78, 5) is 4.69. The summed E-state index contributed by atoms with van der Waals surface area (Å²) in [6.45, 7) is 4.02. The van der Waals surface area contributed by atoms with Crippen LogP contribution < -0.4 is 4.74 Å². The van der Waals surface area contributed by atoms with Gasteiger partial charge in [0.15, 0.2) is 5.16 Å². The molecule has 1 aliphatic rings. The molecule has 1 fully saturated rings. The second-order valence-electron chi connectivity index (χ2n) is 8.09. The fraction of sp³-hybridized carbons (Fsp3) is 0.435. The molecule has 3 aromatic rings. The van der Waals surface area contributed by atoms with Crippen LogP contribution in [0.2, 0.25) is 0 Å². The van der Waals surface area contributed by atoms with Crippen LogP contribution in [0.3, 0.4) is 0 Å². The molecule has 0 bridgehead atoms. The zero-order valence-electron chi connectivity index (χ0n) is 17.9. The van der Waals surface area contributed by atoms with E-state index in [0.29, 0.717) is 11.7 Å². The molecule has 0 aliphatic carbocycles. The monoisotopic (exact) mass is 460 g/mol. The number of rotatable bonds is 7. The number of fused-ring (bicyclic) bond motifs is 1. The molecule has 4 N–H and O–H groups in total. The van der Waals surface area contributed by atoms with Crippen molar-refractivity contribution in [1.29, 1.82) is 0 Å². The van der Waals surface area contributed by atoms with Crippen LogP contribution in [-0.4, -0.2) is 72.5 Å². The summed E-state index contributed by atoms with van der Waals surface area (Å²) in [7, 11) is 0. The first-order chi connectivity index (χ1) is 15.4. The van der Waals surface area contributed by atoms with Gasteiger partial charge in [-0.2, -0.15) is 0 Å². The number of aliphatic hydroxyl groups excluding tert-OH is 4. The largest absolute Gasteiger partial charge is 0.491 e. The van der Waals surface area contributed by atoms with Gasteiger partial charge in [0.25, 0.3) is 0 Å². The van der Waals surface area contributed by atoms with Crippen LogP contribution in [0.4, 0.5) is 0 Å². The SMILES string of the molecule is CC(C)Oc1ccc(Cn2c(SC3OC(CO)C(O)C(O)C3O)nc3ccccc32)cc1. The Hall–Kier alpha value is -2.14. The molecular formula is C23H28N2O6S. The molecule has 8 nitrogen and oxygen atoms in total. The first-order valence-corrected chi connectivity index (χ1v) is 11.4. The third-order valence-corrected chi connectivity index (χ3v) is 6.47. The molecule has 5 atom stereocenters. The molecule has 0 radical (unpaired) electrons. The highest BCUT2D eigenvalue weighted by molar-refractivity contribution is 7.99. The van der Waals surface area contributed by atoms with Crippen LogP contribution in [0.25, 0.3) is 11.0 Å². The number of aliphatic hydroxyl groups is 4. The molecule has 9 heteroatoms. The Labute approximate surface area is 190 Å². The Kier molecular flexibility index (Phi) is 7.04. The van der Waals surface area contributed by atoms with Gasteiger partial charge >= 0.3 is 0 Å². The van der Waals surface area contributed by atoms with Gasteiger partial charge in [0, 0.05) is 0 Å². The maximum Gasteiger partial charge on any atom is 0.171 e. The van der Waals surface area contributed by atoms with E-state index in [1.165, 1.54) is 0 Å². The third-order valence-electron chi connectivity index (χ3n) is 5.33. The highest BCUT2D eigenvalue weighted by Gasteiger charge is 2.44. The lowest BCUT2D eigenvalue weighted by atomic mass is 10.0. The second-order valence-corrected chi connectivity index (χ2v) is 9.16. The van der Waals surface area contributed by atoms with E-state index in [9.17, 15) is 20.4 Å². The minimum atomic E-state index is -1.43. The van der Waals surface area contributed by atoms with Gasteiger partial charge in [-0.15, -0.1) is 0 Å². The number of ether oxygens (including phenoxy) is 2. The van der Waals surface area contributed by atoms with Crippen molar-refractivity contribution in [3.63, 3.8) is 0 Å². The van der Waals surface area contributed by atoms with Crippen molar-refractivity contribution in [3.8, 4) is 5.75 Å². The minimum Gasteiger partial charge on any atom is -0.491 e. The number of para-hydroxylation sites is 2. The van der Waals surface area contributed by atoms with Gasteiger partial charge in [-0.25, -0.2) is 4.98 Å². The predicted molar refractivity (Wildman–Crippen MR) is 121 cm³/mol. The number of imidazole rings is 1. The highest BCUT2D eigenvalue weighted by atomic mass is 32.2. The van der Waals surface area contributed by atoms with E-state index in [-0.39, 0.29) is 6.10 Å². The Bertz CT molecular complexity index is 1040. The lowest BCUT2D eigenvalue weighted by Crippen LogP contribution is -2.57. The number of benzene rings is 2. The smallest absolute Gasteiger partial charge is 0.171 e. The molecule has 2 heterocycles. The summed E-state index contributed by atoms with van der Waals surface area (Å²) >= 11 is 1.15. The van der Waals surface area contributed by atoms with Crippen molar-refractivity contribution in [1.82, 2.24) is 9.55 Å². The van der Waals surface area contributed by atoms with Crippen LogP contribution in [0.15, 0.2) is 53.7 Å². The van der Waals surface area contributed by atoms with Crippen LogP contribution >= 0.6 is 11.8 Å². The summed E-state index contributed by atoms with van der Waals surface area (Å²) in [6.07, 6.45) is -5.02. The van der Waals surface area contributed by atoms with Gasteiger partial charge in [0.2, 0.25) is 0 Å². The average Bonchev–Trinajstić information content (AvgIpc) is 3.12. The van der Waals surface area contributed by atoms with Crippen molar-refractivity contribution in [2.45, 2.75) is 61.5 Å². The summed E-state index contributed by atoms with van der Waals surface area (Å²) in [5, 5.41) is 40.7. The van der Waals surface area contributed by atoms with E-state index < -0.39 is 36.5 Å². The molecule has 2 aromatic carbocycles. The van der Waals surface area contributed by atoms with E-state index in [1.807, 2.05) is 66.9 Å². The van der Waals surface area contributed by atoms with Crippen molar-refractivity contribution in [2.75, 3.05) is 6.61 Å². The van der Waals surface area contributed by atoms with Crippen LogP contribution in [0.5, 0.6) is 5.75 Å². The first-order valence-electron chi connectivity index (χ1n) is 10.6. The number of thioether (sulfide) groups is 1. The molecule has 0 saturated carbocycles. The van der Waals surface area contributed by atoms with Gasteiger partial charge < -0.3 is 34.5 Å². The van der Waals surface area contributed by atoms with E-state index in [2.05, 4.69) is 0 Å². The Balaban J connectivity index is 1.62. The van der Waals surface area contributed by atoms with E-state index in [0.717, 1.165) is 34.1 Å².